The van der Waals surface area contributed by atoms with Gasteiger partial charge in [0.2, 0.25) is 32.6 Å². The zero-order valence-corrected chi connectivity index (χ0v) is 64.4. The van der Waals surface area contributed by atoms with E-state index in [1.807, 2.05) is 34.6 Å². The summed E-state index contributed by atoms with van der Waals surface area (Å²) in [6, 6.07) is 0.179. The molecule has 36 nitrogen and oxygen atoms in total. The number of aryl methyl sites for hydroxylation is 6. The molecule has 0 bridgehead atoms. The molecule has 6 aromatic rings. The lowest BCUT2D eigenvalue weighted by Gasteiger charge is -2.44. The Labute approximate surface area is 644 Å². The van der Waals surface area contributed by atoms with Crippen LogP contribution >= 0.6 is 0 Å². The number of amides is 6. The second kappa shape index (κ2) is 30.2. The van der Waals surface area contributed by atoms with Crippen LogP contribution in [0.3, 0.4) is 0 Å². The van der Waals surface area contributed by atoms with Gasteiger partial charge < -0.3 is 116 Å². The van der Waals surface area contributed by atoms with E-state index in [2.05, 4.69) is 0 Å². The van der Waals surface area contributed by atoms with Crippen LogP contribution in [-0.4, -0.2) is 236 Å². The van der Waals surface area contributed by atoms with Crippen LogP contribution in [0.5, 0.6) is 34.5 Å². The number of pyridine rings is 6. The molecule has 19 rings (SSSR count). The number of aromatic hydroxyl groups is 6. The molecule has 0 spiro atoms. The fourth-order valence-electron chi connectivity index (χ4n) is 17.3. The highest BCUT2D eigenvalue weighted by Gasteiger charge is 2.52. The molecule has 6 aromatic heterocycles. The van der Waals surface area contributed by atoms with Crippen LogP contribution in [0.2, 0.25) is 0 Å². The normalized spacial score (nSPS) is 26.9. The number of carbonyl (C=O) groups is 6. The van der Waals surface area contributed by atoms with Gasteiger partial charge in [0.1, 0.15) is 0 Å². The molecule has 13 atom stereocenters. The third-order valence-corrected chi connectivity index (χ3v) is 23.3. The number of rotatable bonds is 0. The standard InChI is InChI=1S/C14H16N2O4.3C13H16N2O4.2C12H14N2O4/c1-7-5-15-6-10-16(8-3-2-4-9(8)20-10)14(19)11(15)13(18)12(7)17;3*1-7-5-14-6-9-15(8(2)3-4-19-9)13(18)10(14)12(17)11(7)16;2*1-6-3-13-4-8-14(7(2)5-18-8)12(17)9(13)11(16)10(6)15/h5,8-10,18H,2-4,6H2,1H3;3*5,8-9,17H,3-4,6H2,1-2H3;2*3,7-8,16H,4-5H2,1-2H3/t8-,9+,10+;2*8-,9+;8-,9-;2*7-,8+/m010110/s1. The van der Waals surface area contributed by atoms with Gasteiger partial charge in [-0.3, -0.25) is 57.5 Å². The number of hydrogen-bond acceptors (Lipinski definition) is 24. The Balaban J connectivity index is 0.000000112. The van der Waals surface area contributed by atoms with Gasteiger partial charge in [-0.15, -0.1) is 0 Å². The van der Waals surface area contributed by atoms with Gasteiger partial charge in [-0.2, -0.15) is 0 Å². The third kappa shape index (κ3) is 13.5. The number of fused-ring (bicyclic) bond motifs is 14. The van der Waals surface area contributed by atoms with Crippen molar-refractivity contribution in [2.75, 3.05) is 33.0 Å². The van der Waals surface area contributed by atoms with Crippen molar-refractivity contribution in [1.82, 2.24) is 56.8 Å². The van der Waals surface area contributed by atoms with E-state index >= 15 is 0 Å². The monoisotopic (exact) mass is 1570 g/mol. The summed E-state index contributed by atoms with van der Waals surface area (Å²) in [5.74, 6) is -4.70. The van der Waals surface area contributed by atoms with Crippen molar-refractivity contribution < 1.29 is 87.8 Å². The van der Waals surface area contributed by atoms with Crippen molar-refractivity contribution in [3.63, 3.8) is 0 Å². The van der Waals surface area contributed by atoms with Gasteiger partial charge in [0.05, 0.1) is 96.5 Å². The minimum Gasteiger partial charge on any atom is -0.503 e. The van der Waals surface area contributed by atoms with Gasteiger partial charge in [-0.25, -0.2) is 0 Å². The average Bonchev–Trinajstić information content (AvgIpc) is 1.70. The van der Waals surface area contributed by atoms with Crippen LogP contribution in [-0.2, 0) is 67.7 Å². The molecule has 604 valence electrons. The summed E-state index contributed by atoms with van der Waals surface area (Å²) in [7, 11) is 0. The summed E-state index contributed by atoms with van der Waals surface area (Å²) in [6.07, 6.45) is 13.2. The predicted molar refractivity (Wildman–Crippen MR) is 396 cm³/mol. The molecule has 0 radical (unpaired) electrons. The Morgan fingerprint density at radius 1 is 0.283 bits per heavy atom. The highest BCUT2D eigenvalue weighted by atomic mass is 16.5. The summed E-state index contributed by atoms with van der Waals surface area (Å²) in [5.41, 5.74) is 0.120. The first-order valence-electron chi connectivity index (χ1n) is 37.9. The minimum absolute atomic E-state index is 0.0351. The second-order valence-electron chi connectivity index (χ2n) is 31.0. The number of aromatic nitrogens is 6. The molecule has 13 aliphatic rings. The molecular weight excluding hydrogens is 1480 g/mol. The number of carbonyl (C=O) groups excluding carboxylic acids is 6. The fourth-order valence-corrected chi connectivity index (χ4v) is 17.3. The Kier molecular flexibility index (Phi) is 21.1. The van der Waals surface area contributed by atoms with Crippen LogP contribution in [0.4, 0.5) is 0 Å². The van der Waals surface area contributed by atoms with Crippen LogP contribution in [0.1, 0.15) is 169 Å². The highest BCUT2D eigenvalue weighted by molar-refractivity contribution is 5.99. The maximum absolute atomic E-state index is 12.7. The molecule has 0 unspecified atom stereocenters. The smallest absolute Gasteiger partial charge is 0.276 e. The maximum Gasteiger partial charge on any atom is 0.276 e. The highest BCUT2D eigenvalue weighted by Crippen LogP contribution is 2.41. The lowest BCUT2D eigenvalue weighted by molar-refractivity contribution is -0.112. The number of hydrogen-bond donors (Lipinski definition) is 6. The van der Waals surface area contributed by atoms with Crippen LogP contribution in [0, 0.1) is 41.5 Å². The van der Waals surface area contributed by atoms with Crippen molar-refractivity contribution in [2.24, 2.45) is 0 Å². The first kappa shape index (κ1) is 78.8. The summed E-state index contributed by atoms with van der Waals surface area (Å²) < 4.78 is 43.6. The van der Waals surface area contributed by atoms with Gasteiger partial charge in [0, 0.05) is 88.7 Å². The topological polar surface area (TPSA) is 431 Å². The van der Waals surface area contributed by atoms with Crippen molar-refractivity contribution in [3.05, 3.63) is 166 Å². The van der Waals surface area contributed by atoms with E-state index in [0.29, 0.717) is 106 Å². The van der Waals surface area contributed by atoms with E-state index in [0.717, 1.165) is 38.5 Å². The molecule has 7 fully saturated rings. The van der Waals surface area contributed by atoms with Gasteiger partial charge in [0.25, 0.3) is 35.4 Å². The maximum atomic E-state index is 12.7. The molecular formula is C77H92N12O24. The van der Waals surface area contributed by atoms with E-state index in [4.69, 9.17) is 28.4 Å². The average molecular weight is 1570 g/mol. The predicted octanol–water partition coefficient (Wildman–Crippen LogP) is 2.08. The first-order valence-corrected chi connectivity index (χ1v) is 37.9. The quantitative estimate of drug-likeness (QED) is 0.127. The molecule has 36 heteroatoms. The Morgan fingerprint density at radius 2 is 0.504 bits per heavy atom. The zero-order valence-electron chi connectivity index (χ0n) is 64.4. The molecule has 12 aliphatic heterocycles. The Bertz CT molecular complexity index is 4990. The van der Waals surface area contributed by atoms with E-state index in [9.17, 15) is 88.2 Å². The molecule has 1 aliphatic carbocycles. The van der Waals surface area contributed by atoms with Gasteiger partial charge in [-0.1, -0.05) is 0 Å². The SMILES string of the molecule is Cc1cn2c(c(O)c1=O)C(=O)N1[C@@H](C)CCO[C@@H]1C2.Cc1cn2c(c(O)c1=O)C(=O)N1[C@@H](C)CO[C@@H]1C2.Cc1cn2c(c(O)c1=O)C(=O)N1[C@@H](C2)O[C@@H]2CCC[C@@H]21.Cc1cn2c(c(O)c1=O)C(=O)N1[C@H](C)CCO[C@@H]1C2.Cc1cn2c(c(O)c1=O)C(=O)N1[C@H](C)CCO[C@H]1C2.Cc1cn2c(c(O)c1=O)C(=O)N1[C@H](C)CO[C@H]1C2. The van der Waals surface area contributed by atoms with E-state index in [1.54, 1.807) is 136 Å². The molecule has 6 N–H and O–H groups in total. The fraction of sp³-hybridized carbons (Fsp3) is 0.532. The zero-order chi connectivity index (χ0) is 81.3. The van der Waals surface area contributed by atoms with E-state index in [-0.39, 0.29) is 149 Å². The summed E-state index contributed by atoms with van der Waals surface area (Å²) in [5, 5.41) is 59.6. The Morgan fingerprint density at radius 3 is 0.761 bits per heavy atom. The second-order valence-corrected chi connectivity index (χ2v) is 31.0. The van der Waals surface area contributed by atoms with Crippen LogP contribution in [0.15, 0.2) is 65.9 Å². The van der Waals surface area contributed by atoms with E-state index < -0.39 is 67.1 Å². The van der Waals surface area contributed by atoms with Gasteiger partial charge >= 0.3 is 0 Å². The molecule has 6 saturated heterocycles. The minimum atomic E-state index is -0.485. The molecule has 1 saturated carbocycles. The largest absolute Gasteiger partial charge is 0.503 e. The first-order chi connectivity index (χ1) is 53.6. The third-order valence-electron chi connectivity index (χ3n) is 23.3. The number of nitrogens with zero attached hydrogens (tertiary/aromatic N) is 12. The van der Waals surface area contributed by atoms with E-state index in [1.165, 1.54) is 0 Å². The van der Waals surface area contributed by atoms with Crippen molar-refractivity contribution in [2.45, 2.75) is 234 Å². The van der Waals surface area contributed by atoms with Gasteiger partial charge in [0.15, 0.2) is 106 Å². The van der Waals surface area contributed by atoms with Crippen molar-refractivity contribution >= 4 is 35.4 Å². The van der Waals surface area contributed by atoms with Crippen LogP contribution < -0.4 is 32.6 Å². The summed E-state index contributed by atoms with van der Waals surface area (Å²) in [4.78, 5) is 155. The Hall–Kier alpha value is -10.9. The summed E-state index contributed by atoms with van der Waals surface area (Å²) in [6.45, 7) is 24.9. The lowest BCUT2D eigenvalue weighted by atomic mass is 10.1. The molecule has 18 heterocycles. The van der Waals surface area contributed by atoms with Crippen LogP contribution in [0.25, 0.3) is 0 Å². The molecule has 0 aromatic carbocycles. The number of ether oxygens (including phenoxy) is 6. The lowest BCUT2D eigenvalue weighted by Crippen LogP contribution is -2.56. The van der Waals surface area contributed by atoms with Gasteiger partial charge in [-0.05, 0) is 115 Å². The summed E-state index contributed by atoms with van der Waals surface area (Å²) >= 11 is 0. The molecule has 113 heavy (non-hydrogen) atoms. The van der Waals surface area contributed by atoms with Crippen molar-refractivity contribution in [3.8, 4) is 34.5 Å². The molecule has 6 amide bonds. The van der Waals surface area contributed by atoms with Crippen molar-refractivity contribution in [1.29, 1.82) is 0 Å².